The van der Waals surface area contributed by atoms with E-state index in [0.29, 0.717) is 48.6 Å². The fraction of sp³-hybridized carbons (Fsp3) is 0.400. The van der Waals surface area contributed by atoms with E-state index in [1.807, 2.05) is 0 Å². The predicted molar refractivity (Wildman–Crippen MR) is 76.2 cm³/mol. The van der Waals surface area contributed by atoms with Gasteiger partial charge >= 0.3 is 0 Å². The smallest absolute Gasteiger partial charge is 0.258 e. The number of hydrogen-bond donors (Lipinski definition) is 0. The number of rotatable bonds is 2. The van der Waals surface area contributed by atoms with Crippen molar-refractivity contribution in [2.75, 3.05) is 26.6 Å². The van der Waals surface area contributed by atoms with Crippen LogP contribution in [0.3, 0.4) is 0 Å². The molecule has 0 N–H and O–H groups in total. The fourth-order valence-electron chi connectivity index (χ4n) is 2.75. The molecule has 0 unspecified atom stereocenters. The Labute approximate surface area is 131 Å². The van der Waals surface area contributed by atoms with Crippen LogP contribution in [0.15, 0.2) is 22.6 Å². The van der Waals surface area contributed by atoms with Crippen molar-refractivity contribution in [2.45, 2.75) is 13.0 Å². The van der Waals surface area contributed by atoms with Crippen LogP contribution in [-0.2, 0) is 4.74 Å². The van der Waals surface area contributed by atoms with Crippen LogP contribution in [0, 0.1) is 6.92 Å². The molecule has 8 nitrogen and oxygen atoms in total. The SMILES string of the molecule is Cc1nnc([C@H]2COCCN2C(=O)c2cccc3c2OCO3)o1. The summed E-state index contributed by atoms with van der Waals surface area (Å²) in [6.07, 6.45) is 0. The lowest BCUT2D eigenvalue weighted by molar-refractivity contribution is -0.0108. The molecular formula is C15H15N3O5. The standard InChI is InChI=1S/C15H15N3O5/c1-9-16-17-14(23-9)11-7-20-6-5-18(11)15(19)10-3-2-4-12-13(10)22-8-21-12/h2-4,11H,5-8H2,1H3/t11-/m1/s1. The van der Waals surface area contributed by atoms with E-state index in [1.165, 1.54) is 0 Å². The third-order valence-corrected chi connectivity index (χ3v) is 3.84. The molecule has 2 aromatic rings. The highest BCUT2D eigenvalue weighted by Gasteiger charge is 2.35. The lowest BCUT2D eigenvalue weighted by atomic mass is 10.1. The van der Waals surface area contributed by atoms with Crippen molar-refractivity contribution in [3.63, 3.8) is 0 Å². The van der Waals surface area contributed by atoms with E-state index < -0.39 is 6.04 Å². The highest BCUT2D eigenvalue weighted by atomic mass is 16.7. The van der Waals surface area contributed by atoms with Crippen molar-refractivity contribution in [1.29, 1.82) is 0 Å². The number of ether oxygens (including phenoxy) is 3. The number of hydrogen-bond acceptors (Lipinski definition) is 7. The molecule has 1 fully saturated rings. The number of amides is 1. The number of carbonyl (C=O) groups excluding carboxylic acids is 1. The van der Waals surface area contributed by atoms with Crippen LogP contribution in [0.5, 0.6) is 11.5 Å². The number of para-hydroxylation sites is 1. The van der Waals surface area contributed by atoms with Crippen LogP contribution < -0.4 is 9.47 Å². The van der Waals surface area contributed by atoms with Gasteiger partial charge in [0.25, 0.3) is 5.91 Å². The van der Waals surface area contributed by atoms with Crippen molar-refractivity contribution in [2.24, 2.45) is 0 Å². The van der Waals surface area contributed by atoms with Crippen LogP contribution in [-0.4, -0.2) is 47.6 Å². The Balaban J connectivity index is 1.67. The Morgan fingerprint density at radius 1 is 1.30 bits per heavy atom. The Hall–Kier alpha value is -2.61. The highest BCUT2D eigenvalue weighted by Crippen LogP contribution is 2.37. The topological polar surface area (TPSA) is 86.9 Å². The second-order valence-electron chi connectivity index (χ2n) is 5.29. The second-order valence-corrected chi connectivity index (χ2v) is 5.29. The van der Waals surface area contributed by atoms with E-state index in [0.717, 1.165) is 0 Å². The summed E-state index contributed by atoms with van der Waals surface area (Å²) in [5, 5.41) is 7.85. The molecule has 0 spiro atoms. The zero-order valence-corrected chi connectivity index (χ0v) is 12.5. The van der Waals surface area contributed by atoms with Gasteiger partial charge in [0.1, 0.15) is 6.04 Å². The molecule has 3 heterocycles. The number of fused-ring (bicyclic) bond motifs is 1. The molecule has 4 rings (SSSR count). The molecule has 1 amide bonds. The highest BCUT2D eigenvalue weighted by molar-refractivity contribution is 5.98. The van der Waals surface area contributed by atoms with Gasteiger partial charge < -0.3 is 23.5 Å². The minimum absolute atomic E-state index is 0.120. The molecule has 0 saturated carbocycles. The van der Waals surface area contributed by atoms with Crippen LogP contribution in [0.1, 0.15) is 28.2 Å². The molecule has 1 saturated heterocycles. The molecule has 1 aromatic heterocycles. The Kier molecular flexibility index (Phi) is 3.38. The summed E-state index contributed by atoms with van der Waals surface area (Å²) in [7, 11) is 0. The Morgan fingerprint density at radius 2 is 2.22 bits per heavy atom. The van der Waals surface area contributed by atoms with E-state index >= 15 is 0 Å². The summed E-state index contributed by atoms with van der Waals surface area (Å²) >= 11 is 0. The van der Waals surface area contributed by atoms with Gasteiger partial charge in [0, 0.05) is 13.5 Å². The summed E-state index contributed by atoms with van der Waals surface area (Å²) in [5.41, 5.74) is 0.461. The monoisotopic (exact) mass is 317 g/mol. The lowest BCUT2D eigenvalue weighted by Gasteiger charge is -2.33. The van der Waals surface area contributed by atoms with Crippen LogP contribution in [0.4, 0.5) is 0 Å². The number of morpholine rings is 1. The van der Waals surface area contributed by atoms with Crippen LogP contribution in [0.2, 0.25) is 0 Å². The first kappa shape index (κ1) is 14.0. The van der Waals surface area contributed by atoms with Crippen molar-refractivity contribution in [3.8, 4) is 11.5 Å². The first-order valence-corrected chi connectivity index (χ1v) is 7.31. The Morgan fingerprint density at radius 3 is 3.04 bits per heavy atom. The second kappa shape index (κ2) is 5.54. The van der Waals surface area contributed by atoms with Gasteiger partial charge in [0.15, 0.2) is 11.5 Å². The summed E-state index contributed by atoms with van der Waals surface area (Å²) in [6, 6.07) is 4.86. The first-order valence-electron chi connectivity index (χ1n) is 7.31. The third-order valence-electron chi connectivity index (χ3n) is 3.84. The zero-order chi connectivity index (χ0) is 15.8. The van der Waals surface area contributed by atoms with Crippen LogP contribution >= 0.6 is 0 Å². The molecule has 1 aromatic carbocycles. The van der Waals surface area contributed by atoms with Crippen molar-refractivity contribution in [3.05, 3.63) is 35.5 Å². The first-order chi connectivity index (χ1) is 11.2. The van der Waals surface area contributed by atoms with Gasteiger partial charge in [0.2, 0.25) is 18.6 Å². The normalized spacial score (nSPS) is 19.9. The minimum atomic E-state index is -0.407. The minimum Gasteiger partial charge on any atom is -0.454 e. The molecule has 8 heteroatoms. The number of benzene rings is 1. The van der Waals surface area contributed by atoms with E-state index in [1.54, 1.807) is 30.0 Å². The van der Waals surface area contributed by atoms with Crippen molar-refractivity contribution in [1.82, 2.24) is 15.1 Å². The number of aromatic nitrogens is 2. The van der Waals surface area contributed by atoms with Gasteiger partial charge in [-0.25, -0.2) is 0 Å². The number of nitrogens with zero attached hydrogens (tertiary/aromatic N) is 3. The maximum absolute atomic E-state index is 13.0. The van der Waals surface area contributed by atoms with E-state index in [-0.39, 0.29) is 12.7 Å². The van der Waals surface area contributed by atoms with Gasteiger partial charge in [-0.15, -0.1) is 10.2 Å². The summed E-state index contributed by atoms with van der Waals surface area (Å²) < 4.78 is 21.7. The average molecular weight is 317 g/mol. The molecule has 2 aliphatic heterocycles. The van der Waals surface area contributed by atoms with E-state index in [2.05, 4.69) is 10.2 Å². The lowest BCUT2D eigenvalue weighted by Crippen LogP contribution is -2.43. The largest absolute Gasteiger partial charge is 0.454 e. The molecule has 0 aliphatic carbocycles. The van der Waals surface area contributed by atoms with Gasteiger partial charge in [-0.3, -0.25) is 4.79 Å². The molecule has 1 atom stereocenters. The van der Waals surface area contributed by atoms with E-state index in [9.17, 15) is 4.79 Å². The molecule has 0 bridgehead atoms. The molecular weight excluding hydrogens is 302 g/mol. The van der Waals surface area contributed by atoms with Crippen LogP contribution in [0.25, 0.3) is 0 Å². The maximum Gasteiger partial charge on any atom is 0.258 e. The number of carbonyl (C=O) groups is 1. The van der Waals surface area contributed by atoms with Gasteiger partial charge in [0.05, 0.1) is 18.8 Å². The van der Waals surface area contributed by atoms with Crippen molar-refractivity contribution >= 4 is 5.91 Å². The number of aryl methyl sites for hydroxylation is 1. The van der Waals surface area contributed by atoms with Crippen molar-refractivity contribution < 1.29 is 23.4 Å². The summed E-state index contributed by atoms with van der Waals surface area (Å²) in [6.45, 7) is 3.05. The predicted octanol–water partition coefficient (Wildman–Crippen LogP) is 1.32. The van der Waals surface area contributed by atoms with Gasteiger partial charge in [-0.1, -0.05) is 6.07 Å². The van der Waals surface area contributed by atoms with Gasteiger partial charge in [-0.2, -0.15) is 0 Å². The van der Waals surface area contributed by atoms with E-state index in [4.69, 9.17) is 18.6 Å². The molecule has 2 aliphatic rings. The summed E-state index contributed by atoms with van der Waals surface area (Å²) in [5.74, 6) is 1.71. The molecule has 0 radical (unpaired) electrons. The maximum atomic E-state index is 13.0. The average Bonchev–Trinajstić information content (AvgIpc) is 3.22. The fourth-order valence-corrected chi connectivity index (χ4v) is 2.75. The van der Waals surface area contributed by atoms with Gasteiger partial charge in [-0.05, 0) is 12.1 Å². The molecule has 23 heavy (non-hydrogen) atoms. The molecule has 120 valence electrons. The Bertz CT molecular complexity index is 744. The zero-order valence-electron chi connectivity index (χ0n) is 12.5. The third kappa shape index (κ3) is 2.40. The summed E-state index contributed by atoms with van der Waals surface area (Å²) in [4.78, 5) is 14.7. The quantitative estimate of drug-likeness (QED) is 0.825.